The number of carbonyl (C=O) groups excluding carboxylic acids is 1. The highest BCUT2D eigenvalue weighted by molar-refractivity contribution is 7.89. The Morgan fingerprint density at radius 2 is 1.62 bits per heavy atom. The lowest BCUT2D eigenvalue weighted by molar-refractivity contribution is -0.133. The third-order valence-corrected chi connectivity index (χ3v) is 7.64. The first-order valence-electron chi connectivity index (χ1n) is 10.4. The largest absolute Gasteiger partial charge is 0.338 e. The lowest BCUT2D eigenvalue weighted by Crippen LogP contribution is -2.51. The minimum atomic E-state index is -3.58. The first-order valence-corrected chi connectivity index (χ1v) is 11.9. The van der Waals surface area contributed by atoms with Crippen LogP contribution in [-0.2, 0) is 21.4 Å². The summed E-state index contributed by atoms with van der Waals surface area (Å²) in [4.78, 5) is 15.9. The fourth-order valence-corrected chi connectivity index (χ4v) is 5.06. The first kappa shape index (κ1) is 22.1. The molecule has 9 nitrogen and oxygen atoms in total. The van der Waals surface area contributed by atoms with Crippen LogP contribution < -0.4 is 0 Å². The van der Waals surface area contributed by atoms with Crippen LogP contribution in [0.3, 0.4) is 0 Å². The van der Waals surface area contributed by atoms with E-state index in [0.717, 1.165) is 22.3 Å². The van der Waals surface area contributed by atoms with Gasteiger partial charge in [0.05, 0.1) is 4.90 Å². The van der Waals surface area contributed by atoms with Gasteiger partial charge in [0.1, 0.15) is 6.54 Å². The molecule has 1 aromatic heterocycles. The van der Waals surface area contributed by atoms with Crippen LogP contribution >= 0.6 is 0 Å². The smallest absolute Gasteiger partial charge is 0.246 e. The van der Waals surface area contributed by atoms with Crippen molar-refractivity contribution in [3.05, 3.63) is 59.2 Å². The van der Waals surface area contributed by atoms with Crippen LogP contribution in [0, 0.1) is 20.8 Å². The van der Waals surface area contributed by atoms with E-state index in [0.29, 0.717) is 18.9 Å². The molecule has 2 heterocycles. The molecular weight excluding hydrogens is 428 g/mol. The third-order valence-electron chi connectivity index (χ3n) is 5.75. The summed E-state index contributed by atoms with van der Waals surface area (Å²) in [6.45, 7) is 6.95. The van der Waals surface area contributed by atoms with Crippen molar-refractivity contribution in [3.8, 4) is 11.4 Å². The number of rotatable bonds is 5. The highest BCUT2D eigenvalue weighted by atomic mass is 32.2. The quantitative estimate of drug-likeness (QED) is 0.583. The Kier molecular flexibility index (Phi) is 6.07. The van der Waals surface area contributed by atoms with Gasteiger partial charge in [0.2, 0.25) is 21.8 Å². The molecule has 2 aromatic carbocycles. The third kappa shape index (κ3) is 4.56. The summed E-state index contributed by atoms with van der Waals surface area (Å²) in [6, 6.07) is 12.9. The number of sulfonamides is 1. The predicted octanol–water partition coefficient (Wildman–Crippen LogP) is 1.80. The molecular formula is C22H26N6O3S. The second-order valence-electron chi connectivity index (χ2n) is 8.04. The molecule has 0 saturated carbocycles. The Hall–Kier alpha value is -3.11. The lowest BCUT2D eigenvalue weighted by atomic mass is 10.1. The number of carbonyl (C=O) groups is 1. The molecule has 0 spiro atoms. The average molecular weight is 455 g/mol. The topological polar surface area (TPSA) is 101 Å². The van der Waals surface area contributed by atoms with Crippen LogP contribution in [0.15, 0.2) is 47.4 Å². The zero-order valence-corrected chi connectivity index (χ0v) is 19.2. The summed E-state index contributed by atoms with van der Waals surface area (Å²) in [5, 5.41) is 12.3. The molecule has 1 fully saturated rings. The zero-order valence-electron chi connectivity index (χ0n) is 18.4. The van der Waals surface area contributed by atoms with Gasteiger partial charge in [-0.1, -0.05) is 35.9 Å². The summed E-state index contributed by atoms with van der Waals surface area (Å²) in [5.74, 6) is 0.295. The number of hydrogen-bond donors (Lipinski definition) is 0. The molecule has 0 aliphatic carbocycles. The molecule has 0 bridgehead atoms. The summed E-state index contributed by atoms with van der Waals surface area (Å²) < 4.78 is 27.4. The molecule has 4 rings (SSSR count). The van der Waals surface area contributed by atoms with Gasteiger partial charge in [0.25, 0.3) is 0 Å². The number of benzene rings is 2. The van der Waals surface area contributed by atoms with Crippen molar-refractivity contribution in [2.75, 3.05) is 26.2 Å². The summed E-state index contributed by atoms with van der Waals surface area (Å²) in [5.41, 5.74) is 3.95. The molecule has 32 heavy (non-hydrogen) atoms. The van der Waals surface area contributed by atoms with Gasteiger partial charge in [-0.2, -0.15) is 9.10 Å². The normalized spacial score (nSPS) is 15.2. The highest BCUT2D eigenvalue weighted by Gasteiger charge is 2.30. The van der Waals surface area contributed by atoms with E-state index in [9.17, 15) is 13.2 Å². The minimum absolute atomic E-state index is 0.0389. The van der Waals surface area contributed by atoms with Crippen LogP contribution in [0.5, 0.6) is 0 Å². The Labute approximate surface area is 187 Å². The summed E-state index contributed by atoms with van der Waals surface area (Å²) in [6.07, 6.45) is 0. The second-order valence-corrected chi connectivity index (χ2v) is 9.98. The number of tetrazole rings is 1. The number of amides is 1. The standard InChI is InChI=1S/C22H26N6O3S/c1-16-4-7-19(8-5-16)22-23-25-28(24-22)15-21(29)26-10-12-27(13-11-26)32(30,31)20-9-6-17(2)18(3)14-20/h4-9,14H,10-13,15H2,1-3H3. The van der Waals surface area contributed by atoms with Gasteiger partial charge in [0, 0.05) is 31.7 Å². The van der Waals surface area contributed by atoms with Gasteiger partial charge >= 0.3 is 0 Å². The maximum Gasteiger partial charge on any atom is 0.246 e. The molecule has 0 radical (unpaired) electrons. The molecule has 0 unspecified atom stereocenters. The van der Waals surface area contributed by atoms with Crippen molar-refractivity contribution in [2.45, 2.75) is 32.2 Å². The Balaban J connectivity index is 1.36. The fraction of sp³-hybridized carbons (Fsp3) is 0.364. The molecule has 1 amide bonds. The molecule has 3 aromatic rings. The molecule has 10 heteroatoms. The van der Waals surface area contributed by atoms with Gasteiger partial charge in [-0.05, 0) is 49.2 Å². The van der Waals surface area contributed by atoms with Crippen molar-refractivity contribution in [1.29, 1.82) is 0 Å². The van der Waals surface area contributed by atoms with Crippen molar-refractivity contribution in [2.24, 2.45) is 0 Å². The maximum atomic E-state index is 13.0. The molecule has 1 aliphatic rings. The van der Waals surface area contributed by atoms with E-state index in [1.54, 1.807) is 17.0 Å². The number of nitrogens with zero attached hydrogens (tertiary/aromatic N) is 6. The van der Waals surface area contributed by atoms with Crippen molar-refractivity contribution in [3.63, 3.8) is 0 Å². The predicted molar refractivity (Wildman–Crippen MR) is 119 cm³/mol. The number of aryl methyl sites for hydroxylation is 3. The number of hydrogen-bond acceptors (Lipinski definition) is 6. The highest BCUT2D eigenvalue weighted by Crippen LogP contribution is 2.20. The van der Waals surface area contributed by atoms with E-state index in [1.165, 1.54) is 9.10 Å². The molecule has 0 N–H and O–H groups in total. The molecule has 168 valence electrons. The van der Waals surface area contributed by atoms with Gasteiger partial charge in [-0.25, -0.2) is 8.42 Å². The Bertz CT molecular complexity index is 1230. The van der Waals surface area contributed by atoms with Gasteiger partial charge in [-0.15, -0.1) is 10.2 Å². The van der Waals surface area contributed by atoms with E-state index in [1.807, 2.05) is 51.1 Å². The van der Waals surface area contributed by atoms with Crippen LogP contribution in [0.2, 0.25) is 0 Å². The molecule has 1 aliphatic heterocycles. The van der Waals surface area contributed by atoms with E-state index in [4.69, 9.17) is 0 Å². The minimum Gasteiger partial charge on any atom is -0.338 e. The van der Waals surface area contributed by atoms with Crippen molar-refractivity contribution < 1.29 is 13.2 Å². The van der Waals surface area contributed by atoms with Crippen molar-refractivity contribution >= 4 is 15.9 Å². The zero-order chi connectivity index (χ0) is 22.9. The van der Waals surface area contributed by atoms with Crippen LogP contribution in [0.25, 0.3) is 11.4 Å². The van der Waals surface area contributed by atoms with Gasteiger partial charge in [-0.3, -0.25) is 4.79 Å². The summed E-state index contributed by atoms with van der Waals surface area (Å²) in [7, 11) is -3.58. The lowest BCUT2D eigenvalue weighted by Gasteiger charge is -2.34. The fourth-order valence-electron chi connectivity index (χ4n) is 3.55. The van der Waals surface area contributed by atoms with E-state index >= 15 is 0 Å². The SMILES string of the molecule is Cc1ccc(-c2nnn(CC(=O)N3CCN(S(=O)(=O)c4ccc(C)c(C)c4)CC3)n2)cc1. The number of piperazine rings is 1. The van der Waals surface area contributed by atoms with Gasteiger partial charge in [0.15, 0.2) is 0 Å². The van der Waals surface area contributed by atoms with Crippen LogP contribution in [-0.4, -0.2) is 69.9 Å². The van der Waals surface area contributed by atoms with Crippen molar-refractivity contribution in [1.82, 2.24) is 29.4 Å². The monoisotopic (exact) mass is 454 g/mol. The Morgan fingerprint density at radius 3 is 2.28 bits per heavy atom. The average Bonchev–Trinajstić information content (AvgIpc) is 3.24. The van der Waals surface area contributed by atoms with E-state index < -0.39 is 10.0 Å². The van der Waals surface area contributed by atoms with Crippen LogP contribution in [0.1, 0.15) is 16.7 Å². The second kappa shape index (κ2) is 8.79. The van der Waals surface area contributed by atoms with Crippen LogP contribution in [0.4, 0.5) is 0 Å². The maximum absolute atomic E-state index is 13.0. The molecule has 1 saturated heterocycles. The van der Waals surface area contributed by atoms with E-state index in [2.05, 4.69) is 15.4 Å². The Morgan fingerprint density at radius 1 is 0.938 bits per heavy atom. The molecule has 0 atom stereocenters. The number of aromatic nitrogens is 4. The first-order chi connectivity index (χ1) is 15.2. The van der Waals surface area contributed by atoms with Gasteiger partial charge < -0.3 is 4.90 Å². The van der Waals surface area contributed by atoms with E-state index in [-0.39, 0.29) is 30.4 Å². The summed E-state index contributed by atoms with van der Waals surface area (Å²) >= 11 is 0.